The summed E-state index contributed by atoms with van der Waals surface area (Å²) < 4.78 is 5.24. The van der Waals surface area contributed by atoms with Gasteiger partial charge in [0.15, 0.2) is 11.8 Å². The molecular weight excluding hydrogens is 194 g/mol. The summed E-state index contributed by atoms with van der Waals surface area (Å²) >= 11 is 0. The zero-order chi connectivity index (χ0) is 11.2. The number of carbonyl (C=O) groups is 2. The lowest BCUT2D eigenvalue weighted by Gasteiger charge is -2.26. The van der Waals surface area contributed by atoms with E-state index in [4.69, 9.17) is 4.74 Å². The van der Waals surface area contributed by atoms with E-state index in [0.717, 1.165) is 19.5 Å². The third kappa shape index (κ3) is 1.91. The molecule has 0 aromatic carbocycles. The van der Waals surface area contributed by atoms with Crippen molar-refractivity contribution in [3.05, 3.63) is 0 Å². The molecule has 0 saturated carbocycles. The maximum absolute atomic E-state index is 11.8. The number of Topliss-reactive ketones (excluding diaryl/α,β-unsaturated/α-hetero) is 1. The number of carbonyl (C=O) groups excluding carboxylic acids is 2. The fourth-order valence-electron chi connectivity index (χ4n) is 2.28. The van der Waals surface area contributed by atoms with E-state index in [0.29, 0.717) is 0 Å². The Morgan fingerprint density at radius 3 is 2.60 bits per heavy atom. The standard InChI is InChI=1S/C11H17NO3/c1-11(2,3)15-10(14)8-9(13)7-4-5-12(8)6-7/h7-8H,4-6H2,1-3H3. The molecule has 84 valence electrons. The first-order valence-electron chi connectivity index (χ1n) is 5.39. The summed E-state index contributed by atoms with van der Waals surface area (Å²) in [5, 5.41) is 0. The highest BCUT2D eigenvalue weighted by Crippen LogP contribution is 2.31. The van der Waals surface area contributed by atoms with Gasteiger partial charge in [-0.25, -0.2) is 4.79 Å². The van der Waals surface area contributed by atoms with Gasteiger partial charge in [0.1, 0.15) is 5.60 Å². The lowest BCUT2D eigenvalue weighted by atomic mass is 9.98. The van der Waals surface area contributed by atoms with Gasteiger partial charge in [0.25, 0.3) is 0 Å². The average Bonchev–Trinajstić information content (AvgIpc) is 2.59. The molecule has 15 heavy (non-hydrogen) atoms. The van der Waals surface area contributed by atoms with Crippen LogP contribution in [-0.2, 0) is 14.3 Å². The highest BCUT2D eigenvalue weighted by atomic mass is 16.6. The van der Waals surface area contributed by atoms with E-state index in [2.05, 4.69) is 0 Å². The molecule has 0 spiro atoms. The first-order chi connectivity index (χ1) is 6.88. The van der Waals surface area contributed by atoms with Crippen LogP contribution >= 0.6 is 0 Å². The lowest BCUT2D eigenvalue weighted by Crippen LogP contribution is -2.45. The first kappa shape index (κ1) is 10.6. The van der Waals surface area contributed by atoms with Gasteiger partial charge >= 0.3 is 5.97 Å². The Labute approximate surface area is 89.6 Å². The molecule has 0 radical (unpaired) electrons. The molecule has 4 heteroatoms. The zero-order valence-electron chi connectivity index (χ0n) is 9.45. The second-order valence-corrected chi connectivity index (χ2v) is 5.32. The van der Waals surface area contributed by atoms with Crippen molar-refractivity contribution in [2.45, 2.75) is 38.8 Å². The quantitative estimate of drug-likeness (QED) is 0.471. The summed E-state index contributed by atoms with van der Waals surface area (Å²) in [6, 6.07) is -0.622. The Kier molecular flexibility index (Phi) is 2.34. The van der Waals surface area contributed by atoms with Crippen molar-refractivity contribution in [2.24, 2.45) is 5.92 Å². The molecule has 2 saturated heterocycles. The number of ketones is 1. The van der Waals surface area contributed by atoms with Crippen LogP contribution in [0.1, 0.15) is 27.2 Å². The summed E-state index contributed by atoms with van der Waals surface area (Å²) in [5.41, 5.74) is -0.514. The number of esters is 1. The molecular formula is C11H17NO3. The van der Waals surface area contributed by atoms with E-state index in [9.17, 15) is 9.59 Å². The topological polar surface area (TPSA) is 46.6 Å². The van der Waals surface area contributed by atoms with Crippen LogP contribution in [0.25, 0.3) is 0 Å². The molecule has 2 aliphatic rings. The third-order valence-corrected chi connectivity index (χ3v) is 2.89. The van der Waals surface area contributed by atoms with Gasteiger partial charge in [0.05, 0.1) is 0 Å². The molecule has 4 nitrogen and oxygen atoms in total. The largest absolute Gasteiger partial charge is 0.458 e. The minimum absolute atomic E-state index is 0.0514. The van der Waals surface area contributed by atoms with Crippen molar-refractivity contribution in [1.29, 1.82) is 0 Å². The maximum atomic E-state index is 11.8. The lowest BCUT2D eigenvalue weighted by molar-refractivity contribution is -0.162. The first-order valence-corrected chi connectivity index (χ1v) is 5.39. The zero-order valence-corrected chi connectivity index (χ0v) is 9.45. The molecule has 2 rings (SSSR count). The third-order valence-electron chi connectivity index (χ3n) is 2.89. The highest BCUT2D eigenvalue weighted by molar-refractivity contribution is 6.06. The monoisotopic (exact) mass is 211 g/mol. The molecule has 2 heterocycles. The van der Waals surface area contributed by atoms with Crippen LogP contribution in [0.2, 0.25) is 0 Å². The molecule has 3 unspecified atom stereocenters. The average molecular weight is 211 g/mol. The molecule has 0 aromatic heterocycles. The van der Waals surface area contributed by atoms with E-state index in [1.165, 1.54) is 0 Å². The van der Waals surface area contributed by atoms with E-state index in [1.807, 2.05) is 25.7 Å². The van der Waals surface area contributed by atoms with Crippen molar-refractivity contribution in [3.8, 4) is 0 Å². The van der Waals surface area contributed by atoms with Gasteiger partial charge in [-0.05, 0) is 27.2 Å². The molecule has 0 aliphatic carbocycles. The van der Waals surface area contributed by atoms with Crippen LogP contribution < -0.4 is 0 Å². The normalized spacial score (nSPS) is 34.6. The van der Waals surface area contributed by atoms with Gasteiger partial charge in [-0.1, -0.05) is 0 Å². The summed E-state index contributed by atoms with van der Waals surface area (Å²) in [6.07, 6.45) is 0.901. The van der Waals surface area contributed by atoms with E-state index in [-0.39, 0.29) is 17.7 Å². The maximum Gasteiger partial charge on any atom is 0.331 e. The molecule has 2 fully saturated rings. The summed E-state index contributed by atoms with van der Waals surface area (Å²) in [5.74, 6) is -0.257. The van der Waals surface area contributed by atoms with Crippen LogP contribution in [0.15, 0.2) is 0 Å². The molecule has 3 atom stereocenters. The van der Waals surface area contributed by atoms with Gasteiger partial charge in [-0.3, -0.25) is 9.69 Å². The molecule has 0 N–H and O–H groups in total. The molecule has 0 aromatic rings. The van der Waals surface area contributed by atoms with E-state index in [1.54, 1.807) is 0 Å². The van der Waals surface area contributed by atoms with Crippen molar-refractivity contribution in [2.75, 3.05) is 13.1 Å². The predicted molar refractivity (Wildman–Crippen MR) is 54.3 cm³/mol. The number of fused-ring (bicyclic) bond motifs is 2. The molecule has 0 amide bonds. The molecule has 2 bridgehead atoms. The SMILES string of the molecule is CC(C)(C)OC(=O)C1C(=O)C2CCN1C2. The number of piperidine rings is 1. The van der Waals surface area contributed by atoms with Crippen LogP contribution in [0.5, 0.6) is 0 Å². The summed E-state index contributed by atoms with van der Waals surface area (Å²) in [4.78, 5) is 25.5. The summed E-state index contributed by atoms with van der Waals surface area (Å²) in [7, 11) is 0. The molecule has 2 aliphatic heterocycles. The minimum Gasteiger partial charge on any atom is -0.458 e. The van der Waals surface area contributed by atoms with Crippen molar-refractivity contribution >= 4 is 11.8 Å². The van der Waals surface area contributed by atoms with Gasteiger partial charge in [-0.15, -0.1) is 0 Å². The van der Waals surface area contributed by atoms with Crippen LogP contribution in [0, 0.1) is 5.92 Å². The fraction of sp³-hybridized carbons (Fsp3) is 0.818. The second-order valence-electron chi connectivity index (χ2n) is 5.32. The van der Waals surface area contributed by atoms with Gasteiger partial charge < -0.3 is 4.74 Å². The Bertz CT molecular complexity index is 305. The van der Waals surface area contributed by atoms with Crippen molar-refractivity contribution in [3.63, 3.8) is 0 Å². The fourth-order valence-corrected chi connectivity index (χ4v) is 2.28. The minimum atomic E-state index is -0.622. The number of hydrogen-bond acceptors (Lipinski definition) is 4. The van der Waals surface area contributed by atoms with E-state index >= 15 is 0 Å². The van der Waals surface area contributed by atoms with Gasteiger partial charge in [-0.2, -0.15) is 0 Å². The van der Waals surface area contributed by atoms with Crippen molar-refractivity contribution < 1.29 is 14.3 Å². The predicted octanol–water partition coefficient (Wildman–Crippen LogP) is 0.601. The van der Waals surface area contributed by atoms with Gasteiger partial charge in [0, 0.05) is 19.0 Å². The van der Waals surface area contributed by atoms with Crippen molar-refractivity contribution in [1.82, 2.24) is 4.90 Å². The number of nitrogens with zero attached hydrogens (tertiary/aromatic N) is 1. The number of hydrogen-bond donors (Lipinski definition) is 0. The Balaban J connectivity index is 2.06. The Hall–Kier alpha value is -0.900. The smallest absolute Gasteiger partial charge is 0.331 e. The Morgan fingerprint density at radius 1 is 1.47 bits per heavy atom. The second kappa shape index (κ2) is 3.30. The van der Waals surface area contributed by atoms with Crippen LogP contribution in [0.3, 0.4) is 0 Å². The Morgan fingerprint density at radius 2 is 2.13 bits per heavy atom. The number of rotatable bonds is 1. The summed E-state index contributed by atoms with van der Waals surface area (Å²) in [6.45, 7) is 7.04. The van der Waals surface area contributed by atoms with Crippen LogP contribution in [0.4, 0.5) is 0 Å². The van der Waals surface area contributed by atoms with Gasteiger partial charge in [0.2, 0.25) is 0 Å². The highest BCUT2D eigenvalue weighted by Gasteiger charge is 2.50. The van der Waals surface area contributed by atoms with Crippen LogP contribution in [-0.4, -0.2) is 41.4 Å². The van der Waals surface area contributed by atoms with E-state index < -0.39 is 11.6 Å². The number of ether oxygens (including phenoxy) is 1.